The Hall–Kier alpha value is -0.380. The lowest BCUT2D eigenvalue weighted by atomic mass is 10.2. The Balaban J connectivity index is 2.75. The first-order valence-corrected chi connectivity index (χ1v) is 6.68. The largest absolute Gasteiger partial charge is 0.499 e. The predicted octanol–water partition coefficient (Wildman–Crippen LogP) is 4.07. The molecule has 4 heteroatoms. The monoisotopic (exact) mass is 244 g/mol. The van der Waals surface area contributed by atoms with Crippen molar-refractivity contribution in [1.82, 2.24) is 0 Å². The lowest BCUT2D eigenvalue weighted by Gasteiger charge is -2.04. The quantitative estimate of drug-likeness (QED) is 0.635. The number of halogens is 1. The number of thioether (sulfide) groups is 1. The molecule has 0 amide bonds. The molecule has 74 valence electrons. The Morgan fingerprint density at radius 3 is 2.93 bits per heavy atom. The van der Waals surface area contributed by atoms with Gasteiger partial charge in [0, 0.05) is 10.8 Å². The average Bonchev–Trinajstić information content (AvgIpc) is 2.56. The molecule has 0 bridgehead atoms. The van der Waals surface area contributed by atoms with Crippen molar-refractivity contribution in [2.45, 2.75) is 10.8 Å². The molecule has 1 aromatic heterocycles. The molecule has 1 N–H and O–H groups in total. The summed E-state index contributed by atoms with van der Waals surface area (Å²) in [6, 6.07) is 5.81. The zero-order valence-electron chi connectivity index (χ0n) is 7.58. The molecule has 0 fully saturated rings. The molecule has 0 spiro atoms. The van der Waals surface area contributed by atoms with Gasteiger partial charge in [-0.25, -0.2) is 0 Å². The molecule has 0 atom stereocenters. The van der Waals surface area contributed by atoms with E-state index in [1.807, 2.05) is 18.4 Å². The van der Waals surface area contributed by atoms with E-state index in [2.05, 4.69) is 0 Å². The van der Waals surface area contributed by atoms with Gasteiger partial charge in [0.2, 0.25) is 0 Å². The number of benzene rings is 1. The van der Waals surface area contributed by atoms with Crippen LogP contribution in [0.2, 0.25) is 0 Å². The van der Waals surface area contributed by atoms with Crippen LogP contribution in [0.5, 0.6) is 5.06 Å². The number of rotatable bonds is 2. The maximum Gasteiger partial charge on any atom is 0.172 e. The van der Waals surface area contributed by atoms with E-state index in [0.717, 1.165) is 15.6 Å². The lowest BCUT2D eigenvalue weighted by molar-refractivity contribution is 0.491. The van der Waals surface area contributed by atoms with Crippen molar-refractivity contribution in [1.29, 1.82) is 0 Å². The molecule has 1 aromatic carbocycles. The average molecular weight is 245 g/mol. The van der Waals surface area contributed by atoms with Gasteiger partial charge >= 0.3 is 0 Å². The molecule has 0 saturated heterocycles. The van der Waals surface area contributed by atoms with E-state index >= 15 is 0 Å². The van der Waals surface area contributed by atoms with Gasteiger partial charge in [-0.05, 0) is 23.3 Å². The van der Waals surface area contributed by atoms with Gasteiger partial charge in [0.25, 0.3) is 0 Å². The fraction of sp³-hybridized carbons (Fsp3) is 0.200. The van der Waals surface area contributed by atoms with Crippen LogP contribution in [-0.2, 0) is 5.88 Å². The Morgan fingerprint density at radius 1 is 1.50 bits per heavy atom. The normalized spacial score (nSPS) is 11.0. The van der Waals surface area contributed by atoms with Crippen LogP contribution in [0.25, 0.3) is 10.1 Å². The molecular weight excluding hydrogens is 236 g/mol. The summed E-state index contributed by atoms with van der Waals surface area (Å²) in [4.78, 5) is 1.18. The summed E-state index contributed by atoms with van der Waals surface area (Å²) in [6.45, 7) is 0. The summed E-state index contributed by atoms with van der Waals surface area (Å²) >= 11 is 8.93. The van der Waals surface area contributed by atoms with Crippen molar-refractivity contribution in [2.75, 3.05) is 6.26 Å². The van der Waals surface area contributed by atoms with Gasteiger partial charge in [0.05, 0.1) is 4.70 Å². The molecule has 0 aliphatic carbocycles. The first-order chi connectivity index (χ1) is 6.76. The maximum atomic E-state index is 9.42. The number of alkyl halides is 1. The number of aromatic hydroxyl groups is 1. The molecule has 14 heavy (non-hydrogen) atoms. The van der Waals surface area contributed by atoms with Crippen LogP contribution in [0.4, 0.5) is 0 Å². The molecule has 1 heterocycles. The smallest absolute Gasteiger partial charge is 0.172 e. The minimum atomic E-state index is 0.363. The Morgan fingerprint density at radius 2 is 2.29 bits per heavy atom. The topological polar surface area (TPSA) is 20.2 Å². The van der Waals surface area contributed by atoms with Gasteiger partial charge in [-0.3, -0.25) is 0 Å². The zero-order valence-corrected chi connectivity index (χ0v) is 9.97. The van der Waals surface area contributed by atoms with Gasteiger partial charge in [-0.15, -0.1) is 23.4 Å². The van der Waals surface area contributed by atoms with Crippen LogP contribution in [-0.4, -0.2) is 11.4 Å². The Bertz CT molecular complexity index is 464. The van der Waals surface area contributed by atoms with Crippen LogP contribution >= 0.6 is 34.7 Å². The van der Waals surface area contributed by atoms with Crippen molar-refractivity contribution in [2.24, 2.45) is 0 Å². The second kappa shape index (κ2) is 4.01. The fourth-order valence-corrected chi connectivity index (χ4v) is 3.68. The number of fused-ring (bicyclic) bond motifs is 1. The van der Waals surface area contributed by atoms with Gasteiger partial charge in [-0.2, -0.15) is 0 Å². The number of hydrogen-bond donors (Lipinski definition) is 1. The number of thiophene rings is 1. The van der Waals surface area contributed by atoms with Crippen LogP contribution < -0.4 is 0 Å². The van der Waals surface area contributed by atoms with Crippen molar-refractivity contribution in [3.8, 4) is 5.06 Å². The summed E-state index contributed by atoms with van der Waals surface area (Å²) in [5.74, 6) is 0.519. The Kier molecular flexibility index (Phi) is 2.91. The van der Waals surface area contributed by atoms with E-state index in [0.29, 0.717) is 10.9 Å². The third-order valence-corrected chi connectivity index (χ3v) is 4.32. The molecule has 0 unspecified atom stereocenters. The van der Waals surface area contributed by atoms with Gasteiger partial charge in [0.1, 0.15) is 0 Å². The van der Waals surface area contributed by atoms with Crippen molar-refractivity contribution in [3.05, 3.63) is 23.8 Å². The second-order valence-electron chi connectivity index (χ2n) is 2.89. The van der Waals surface area contributed by atoms with Gasteiger partial charge in [-0.1, -0.05) is 23.5 Å². The van der Waals surface area contributed by atoms with E-state index < -0.39 is 0 Å². The third-order valence-electron chi connectivity index (χ3n) is 2.06. The molecule has 2 aromatic rings. The van der Waals surface area contributed by atoms with E-state index in [9.17, 15) is 5.11 Å². The molecular formula is C10H9ClOS2. The second-order valence-corrected chi connectivity index (χ2v) is 5.01. The maximum absolute atomic E-state index is 9.42. The van der Waals surface area contributed by atoms with Gasteiger partial charge in [0.15, 0.2) is 5.06 Å². The van der Waals surface area contributed by atoms with Crippen molar-refractivity contribution >= 4 is 44.8 Å². The van der Waals surface area contributed by atoms with Crippen LogP contribution in [0, 0.1) is 0 Å². The minimum Gasteiger partial charge on any atom is -0.499 e. The van der Waals surface area contributed by atoms with Crippen LogP contribution in [0.1, 0.15) is 5.56 Å². The van der Waals surface area contributed by atoms with E-state index in [1.165, 1.54) is 16.2 Å². The SMILES string of the molecule is CSc1c(CCl)ccc2cc(O)sc12. The Labute approximate surface area is 95.7 Å². The zero-order chi connectivity index (χ0) is 10.1. The van der Waals surface area contributed by atoms with E-state index in [1.54, 1.807) is 17.8 Å². The first-order valence-electron chi connectivity index (χ1n) is 4.10. The lowest BCUT2D eigenvalue weighted by Crippen LogP contribution is -1.82. The highest BCUT2D eigenvalue weighted by Crippen LogP contribution is 2.39. The highest BCUT2D eigenvalue weighted by molar-refractivity contribution is 7.99. The fourth-order valence-electron chi connectivity index (χ4n) is 1.43. The highest BCUT2D eigenvalue weighted by Gasteiger charge is 2.09. The summed E-state index contributed by atoms with van der Waals surface area (Å²) in [7, 11) is 0. The summed E-state index contributed by atoms with van der Waals surface area (Å²) in [6.07, 6.45) is 2.03. The van der Waals surface area contributed by atoms with Gasteiger partial charge < -0.3 is 5.11 Å². The first kappa shape index (κ1) is 10.1. The van der Waals surface area contributed by atoms with E-state index in [4.69, 9.17) is 11.6 Å². The molecule has 0 aliphatic rings. The summed E-state index contributed by atoms with van der Waals surface area (Å²) < 4.78 is 1.13. The van der Waals surface area contributed by atoms with Crippen LogP contribution in [0.3, 0.4) is 0 Å². The highest BCUT2D eigenvalue weighted by atomic mass is 35.5. The molecule has 2 rings (SSSR count). The minimum absolute atomic E-state index is 0.363. The molecule has 0 radical (unpaired) electrons. The molecule has 1 nitrogen and oxygen atoms in total. The van der Waals surface area contributed by atoms with E-state index in [-0.39, 0.29) is 0 Å². The predicted molar refractivity (Wildman–Crippen MR) is 64.8 cm³/mol. The third kappa shape index (κ3) is 1.60. The van der Waals surface area contributed by atoms with Crippen molar-refractivity contribution in [3.63, 3.8) is 0 Å². The summed E-state index contributed by atoms with van der Waals surface area (Å²) in [5.41, 5.74) is 1.13. The summed E-state index contributed by atoms with van der Waals surface area (Å²) in [5, 5.41) is 10.9. The molecule has 0 aliphatic heterocycles. The standard InChI is InChI=1S/C10H9ClOS2/c1-13-9-7(5-11)3-2-6-4-8(12)14-10(6)9/h2-4,12H,5H2,1H3. The number of hydrogen-bond acceptors (Lipinski definition) is 3. The molecule has 0 saturated carbocycles. The van der Waals surface area contributed by atoms with Crippen molar-refractivity contribution < 1.29 is 5.11 Å². The van der Waals surface area contributed by atoms with Crippen LogP contribution in [0.15, 0.2) is 23.1 Å².